The molecule has 3 fully saturated rings. The molecule has 2 aromatic heterocycles. The summed E-state index contributed by atoms with van der Waals surface area (Å²) in [5.74, 6) is -0.459. The highest BCUT2D eigenvalue weighted by Gasteiger charge is 2.56. The number of rotatable bonds is 7. The van der Waals surface area contributed by atoms with Crippen molar-refractivity contribution < 1.29 is 36.7 Å². The van der Waals surface area contributed by atoms with Crippen LogP contribution in [-0.4, -0.2) is 78.2 Å². The lowest BCUT2D eigenvalue weighted by Gasteiger charge is -2.40. The van der Waals surface area contributed by atoms with Crippen molar-refractivity contribution in [3.63, 3.8) is 0 Å². The van der Waals surface area contributed by atoms with Gasteiger partial charge in [-0.15, -0.1) is 0 Å². The number of ether oxygens (including phenoxy) is 2. The first-order valence-corrected chi connectivity index (χ1v) is 15.6. The predicted octanol–water partition coefficient (Wildman–Crippen LogP) is 3.01. The molecule has 0 spiro atoms. The van der Waals surface area contributed by atoms with Crippen molar-refractivity contribution in [2.24, 2.45) is 0 Å². The summed E-state index contributed by atoms with van der Waals surface area (Å²) < 4.78 is 44.1. The van der Waals surface area contributed by atoms with Gasteiger partial charge in [0.25, 0.3) is 5.95 Å². The number of ketones is 1. The molecule has 3 aromatic rings. The number of methoxy groups -OCH3 is 1. The number of pyridine rings is 1. The first-order chi connectivity index (χ1) is 20.2. The average Bonchev–Trinajstić information content (AvgIpc) is 3.67. The molecule has 13 heteroatoms. The number of hydrogen-bond acceptors (Lipinski definition) is 9. The van der Waals surface area contributed by atoms with Gasteiger partial charge in [0.2, 0.25) is 15.9 Å². The Morgan fingerprint density at radius 1 is 1.14 bits per heavy atom. The lowest BCUT2D eigenvalue weighted by molar-refractivity contribution is -0.143. The average molecular weight is 597 g/mol. The number of benzene rings is 1. The van der Waals surface area contributed by atoms with Crippen LogP contribution in [0, 0.1) is 0 Å². The van der Waals surface area contributed by atoms with E-state index in [4.69, 9.17) is 13.9 Å². The number of Topliss-reactive ketones (excluding diaryl/α,β-unsaturated/α-hetero) is 1. The molecule has 1 N–H and O–H groups in total. The van der Waals surface area contributed by atoms with Crippen LogP contribution in [0.15, 0.2) is 53.1 Å². The minimum absolute atomic E-state index is 0.0323. The first-order valence-electron chi connectivity index (χ1n) is 14.0. The minimum atomic E-state index is -3.85. The number of furan rings is 1. The lowest BCUT2D eigenvalue weighted by atomic mass is 9.80. The van der Waals surface area contributed by atoms with E-state index in [0.717, 1.165) is 6.42 Å². The Morgan fingerprint density at radius 2 is 1.95 bits per heavy atom. The van der Waals surface area contributed by atoms with Crippen molar-refractivity contribution in [3.05, 3.63) is 54.4 Å². The molecular formula is C29H32N4O8S. The molecule has 42 heavy (non-hydrogen) atoms. The van der Waals surface area contributed by atoms with Crippen molar-refractivity contribution in [2.75, 3.05) is 20.2 Å². The van der Waals surface area contributed by atoms with Gasteiger partial charge in [0, 0.05) is 24.2 Å². The van der Waals surface area contributed by atoms with Gasteiger partial charge in [0.1, 0.15) is 28.7 Å². The van der Waals surface area contributed by atoms with Crippen molar-refractivity contribution in [2.45, 2.75) is 61.9 Å². The van der Waals surface area contributed by atoms with Crippen LogP contribution in [-0.2, 0) is 25.4 Å². The third kappa shape index (κ3) is 5.22. The summed E-state index contributed by atoms with van der Waals surface area (Å²) in [6, 6.07) is 10.2. The van der Waals surface area contributed by atoms with Crippen molar-refractivity contribution >= 4 is 38.8 Å². The topological polar surface area (TPSA) is 148 Å². The molecular weight excluding hydrogens is 564 g/mol. The second-order valence-corrected chi connectivity index (χ2v) is 12.9. The Labute approximate surface area is 243 Å². The van der Waals surface area contributed by atoms with E-state index in [0.29, 0.717) is 54.5 Å². The molecule has 3 aliphatic rings. The van der Waals surface area contributed by atoms with Crippen LogP contribution in [0.1, 0.15) is 44.2 Å². The van der Waals surface area contributed by atoms with Gasteiger partial charge in [-0.3, -0.25) is 14.6 Å². The monoisotopic (exact) mass is 596 g/mol. The van der Waals surface area contributed by atoms with Crippen molar-refractivity contribution in [1.82, 2.24) is 19.5 Å². The zero-order chi connectivity index (χ0) is 29.5. The third-order valence-electron chi connectivity index (χ3n) is 8.40. The number of likely N-dealkylation sites (tertiary alicyclic amines) is 1. The molecule has 1 aliphatic carbocycles. The molecule has 2 amide bonds. The molecule has 2 aliphatic heterocycles. The zero-order valence-electron chi connectivity index (χ0n) is 23.2. The molecule has 2 unspecified atom stereocenters. The van der Waals surface area contributed by atoms with E-state index >= 15 is 0 Å². The number of sulfonamides is 1. The molecule has 2 saturated heterocycles. The van der Waals surface area contributed by atoms with E-state index in [2.05, 4.69) is 10.3 Å². The van der Waals surface area contributed by atoms with E-state index in [1.54, 1.807) is 49.6 Å². The molecule has 1 saturated carbocycles. The summed E-state index contributed by atoms with van der Waals surface area (Å²) in [6.07, 6.45) is 4.07. The number of carbonyl (C=O) groups excluding carboxylic acids is 3. The number of fused-ring (bicyclic) bond motifs is 2. The number of nitrogens with one attached hydrogen (secondary N) is 1. The number of nitrogens with zero attached hydrogens (tertiary/aromatic N) is 3. The number of aromatic nitrogens is 1. The maximum Gasteiger partial charge on any atom is 0.415 e. The second-order valence-electron chi connectivity index (χ2n) is 11.0. The Morgan fingerprint density at radius 3 is 2.69 bits per heavy atom. The maximum atomic E-state index is 14.1. The Balaban J connectivity index is 1.19. The standard InChI is InChI=1S/C29H32N4O8S/c1-39-21-8-9-24-19(15-21)16-25(40-24)41-28(36)31-29(11-4-2-5-12-29)27(35)32-14-10-22-26(32)23(34)17-33(22)42(37,38)18-20-7-3-6-13-30-20/h3,6-9,13,15-16,22,26H,2,4-5,10-12,14,17-18H2,1H3,(H,31,36). The van der Waals surface area contributed by atoms with Gasteiger partial charge in [-0.25, -0.2) is 13.2 Å². The number of carbonyl (C=O) groups is 3. The van der Waals surface area contributed by atoms with Crippen LogP contribution < -0.4 is 14.8 Å². The zero-order valence-corrected chi connectivity index (χ0v) is 24.0. The second kappa shape index (κ2) is 11.0. The van der Waals surface area contributed by atoms with Crippen LogP contribution >= 0.6 is 0 Å². The highest BCUT2D eigenvalue weighted by molar-refractivity contribution is 7.88. The van der Waals surface area contributed by atoms with Gasteiger partial charge >= 0.3 is 6.09 Å². The summed E-state index contributed by atoms with van der Waals surface area (Å²) >= 11 is 0. The van der Waals surface area contributed by atoms with Crippen LogP contribution in [0.3, 0.4) is 0 Å². The predicted molar refractivity (Wildman–Crippen MR) is 150 cm³/mol. The Hall–Kier alpha value is -3.97. The minimum Gasteiger partial charge on any atom is -0.497 e. The van der Waals surface area contributed by atoms with Gasteiger partial charge < -0.3 is 24.1 Å². The maximum absolute atomic E-state index is 14.1. The fourth-order valence-corrected chi connectivity index (χ4v) is 8.09. The van der Waals surface area contributed by atoms with Crippen LogP contribution in [0.5, 0.6) is 11.7 Å². The summed E-state index contributed by atoms with van der Waals surface area (Å²) in [7, 11) is -2.31. The van der Waals surface area contributed by atoms with Crippen molar-refractivity contribution in [1.29, 1.82) is 0 Å². The summed E-state index contributed by atoms with van der Waals surface area (Å²) in [4.78, 5) is 46.0. The SMILES string of the molecule is COc1ccc2oc(OC(=O)NC3(C(=O)N4CCC5C4C(=O)CN5S(=O)(=O)Cc4ccccn4)CCCCC3)cc2c1. The molecule has 0 bridgehead atoms. The molecule has 222 valence electrons. The quantitative estimate of drug-likeness (QED) is 0.434. The molecule has 0 radical (unpaired) electrons. The summed E-state index contributed by atoms with van der Waals surface area (Å²) in [5, 5.41) is 3.49. The Kier molecular flexibility index (Phi) is 7.39. The van der Waals surface area contributed by atoms with Crippen LogP contribution in [0.4, 0.5) is 4.79 Å². The third-order valence-corrected chi connectivity index (χ3v) is 10.2. The molecule has 12 nitrogen and oxygen atoms in total. The van der Waals surface area contributed by atoms with E-state index in [1.165, 1.54) is 15.4 Å². The van der Waals surface area contributed by atoms with Crippen molar-refractivity contribution in [3.8, 4) is 11.7 Å². The lowest BCUT2D eigenvalue weighted by Crippen LogP contribution is -2.62. The fourth-order valence-electron chi connectivity index (χ4n) is 6.43. The van der Waals surface area contributed by atoms with Crippen LogP contribution in [0.25, 0.3) is 11.0 Å². The van der Waals surface area contributed by atoms with Gasteiger partial charge in [-0.2, -0.15) is 4.31 Å². The largest absolute Gasteiger partial charge is 0.497 e. The van der Waals surface area contributed by atoms with Crippen LogP contribution in [0.2, 0.25) is 0 Å². The molecule has 6 rings (SSSR count). The summed E-state index contributed by atoms with van der Waals surface area (Å²) in [6.45, 7) is -0.0903. The number of amides is 2. The normalized spacial score (nSPS) is 22.2. The van der Waals surface area contributed by atoms with E-state index in [1.807, 2.05) is 0 Å². The fraction of sp³-hybridized carbons (Fsp3) is 0.448. The van der Waals surface area contributed by atoms with E-state index in [9.17, 15) is 22.8 Å². The van der Waals surface area contributed by atoms with Gasteiger partial charge in [0.15, 0.2) is 5.78 Å². The van der Waals surface area contributed by atoms with Gasteiger partial charge in [-0.1, -0.05) is 25.3 Å². The highest BCUT2D eigenvalue weighted by Crippen LogP contribution is 2.37. The van der Waals surface area contributed by atoms with E-state index in [-0.39, 0.29) is 30.6 Å². The number of hydrogen-bond donors (Lipinski definition) is 1. The molecule has 2 atom stereocenters. The molecule has 4 heterocycles. The van der Waals surface area contributed by atoms with Gasteiger partial charge in [0.05, 0.1) is 25.4 Å². The van der Waals surface area contributed by atoms with Gasteiger partial charge in [-0.05, 0) is 49.6 Å². The highest BCUT2D eigenvalue weighted by atomic mass is 32.2. The smallest absolute Gasteiger partial charge is 0.415 e. The molecule has 1 aromatic carbocycles. The first kappa shape index (κ1) is 28.2. The Bertz CT molecular complexity index is 1620. The summed E-state index contributed by atoms with van der Waals surface area (Å²) in [5.41, 5.74) is -0.390. The van der Waals surface area contributed by atoms with E-state index < -0.39 is 39.6 Å².